The van der Waals surface area contributed by atoms with E-state index in [0.717, 1.165) is 30.4 Å². The fraction of sp³-hybridized carbons (Fsp3) is 0.650. The fourth-order valence-corrected chi connectivity index (χ4v) is 3.72. The Hall–Kier alpha value is -1.62. The van der Waals surface area contributed by atoms with Crippen LogP contribution in [-0.2, 0) is 11.2 Å². The van der Waals surface area contributed by atoms with E-state index < -0.39 is 0 Å². The summed E-state index contributed by atoms with van der Waals surface area (Å²) in [5, 5.41) is 2.97. The van der Waals surface area contributed by atoms with Gasteiger partial charge in [0.05, 0.1) is 7.11 Å². The quantitative estimate of drug-likeness (QED) is 0.732. The molecule has 1 saturated heterocycles. The van der Waals surface area contributed by atoms with Gasteiger partial charge in [-0.15, -0.1) is 0 Å². The summed E-state index contributed by atoms with van der Waals surface area (Å²) < 4.78 is 18.5. The minimum atomic E-state index is -0.384. The summed E-state index contributed by atoms with van der Waals surface area (Å²) in [6, 6.07) is 4.84. The molecule has 0 bridgehead atoms. The van der Waals surface area contributed by atoms with E-state index in [2.05, 4.69) is 24.1 Å². The highest BCUT2D eigenvalue weighted by atomic mass is 19.1. The summed E-state index contributed by atoms with van der Waals surface area (Å²) in [6.07, 6.45) is 3.21. The van der Waals surface area contributed by atoms with E-state index in [9.17, 15) is 9.18 Å². The van der Waals surface area contributed by atoms with Gasteiger partial charge in [-0.1, -0.05) is 19.9 Å². The molecular formula is C20H31FN2O2. The van der Waals surface area contributed by atoms with Crippen molar-refractivity contribution in [1.29, 1.82) is 0 Å². The number of halogens is 1. The molecule has 25 heavy (non-hydrogen) atoms. The molecule has 1 aromatic carbocycles. The van der Waals surface area contributed by atoms with Gasteiger partial charge in [0, 0.05) is 26.1 Å². The third kappa shape index (κ3) is 6.65. The smallest absolute Gasteiger partial charge is 0.220 e. The average Bonchev–Trinajstić information content (AvgIpc) is 2.56. The second-order valence-electron chi connectivity index (χ2n) is 7.38. The predicted octanol–water partition coefficient (Wildman–Crippen LogP) is 3.25. The van der Waals surface area contributed by atoms with Crippen LogP contribution in [0, 0.1) is 17.7 Å². The Kier molecular flexibility index (Phi) is 7.69. The molecule has 2 rings (SSSR count). The zero-order chi connectivity index (χ0) is 18.2. The van der Waals surface area contributed by atoms with Gasteiger partial charge in [-0.25, -0.2) is 4.39 Å². The Morgan fingerprint density at radius 3 is 2.68 bits per heavy atom. The number of hydrogen-bond acceptors (Lipinski definition) is 3. The molecule has 1 aliphatic heterocycles. The van der Waals surface area contributed by atoms with E-state index in [0.29, 0.717) is 19.4 Å². The summed E-state index contributed by atoms with van der Waals surface area (Å²) in [7, 11) is 1.44. The molecule has 1 heterocycles. The van der Waals surface area contributed by atoms with Crippen LogP contribution in [0.4, 0.5) is 4.39 Å². The van der Waals surface area contributed by atoms with E-state index in [1.165, 1.54) is 32.7 Å². The Labute approximate surface area is 150 Å². The van der Waals surface area contributed by atoms with E-state index in [4.69, 9.17) is 4.74 Å². The van der Waals surface area contributed by atoms with E-state index in [1.54, 1.807) is 12.1 Å². The van der Waals surface area contributed by atoms with Gasteiger partial charge in [-0.2, -0.15) is 0 Å². The zero-order valence-corrected chi connectivity index (χ0v) is 15.7. The summed E-state index contributed by atoms with van der Waals surface area (Å²) >= 11 is 0. The van der Waals surface area contributed by atoms with Crippen LogP contribution in [0.3, 0.4) is 0 Å². The van der Waals surface area contributed by atoms with Crippen LogP contribution in [0.25, 0.3) is 0 Å². The molecule has 2 atom stereocenters. The summed E-state index contributed by atoms with van der Waals surface area (Å²) in [4.78, 5) is 14.4. The van der Waals surface area contributed by atoms with Crippen LogP contribution < -0.4 is 10.1 Å². The lowest BCUT2D eigenvalue weighted by atomic mass is 9.92. The fourth-order valence-electron chi connectivity index (χ4n) is 3.72. The number of benzene rings is 1. The van der Waals surface area contributed by atoms with Crippen molar-refractivity contribution in [3.63, 3.8) is 0 Å². The summed E-state index contributed by atoms with van der Waals surface area (Å²) in [6.45, 7) is 8.70. The van der Waals surface area contributed by atoms with Gasteiger partial charge in [0.15, 0.2) is 11.6 Å². The van der Waals surface area contributed by atoms with Crippen molar-refractivity contribution in [1.82, 2.24) is 10.2 Å². The molecule has 0 aromatic heterocycles. The van der Waals surface area contributed by atoms with Crippen LogP contribution in [0.15, 0.2) is 18.2 Å². The molecule has 0 saturated carbocycles. The zero-order valence-electron chi connectivity index (χ0n) is 15.7. The normalized spacial score (nSPS) is 21.1. The molecule has 0 unspecified atom stereocenters. The predicted molar refractivity (Wildman–Crippen MR) is 98.3 cm³/mol. The number of carbonyl (C=O) groups is 1. The lowest BCUT2D eigenvalue weighted by molar-refractivity contribution is -0.121. The van der Waals surface area contributed by atoms with Gasteiger partial charge < -0.3 is 15.0 Å². The van der Waals surface area contributed by atoms with Crippen molar-refractivity contribution in [2.24, 2.45) is 11.8 Å². The van der Waals surface area contributed by atoms with E-state index >= 15 is 0 Å². The Balaban J connectivity index is 1.62. The van der Waals surface area contributed by atoms with Crippen molar-refractivity contribution in [3.05, 3.63) is 29.6 Å². The minimum Gasteiger partial charge on any atom is -0.494 e. The standard InChI is InChI=1S/C20H31FN2O2/c1-15-11-16(2)14-23(13-15)10-4-9-22-20(24)8-6-17-5-7-19(25-3)18(21)12-17/h5,7,12,15-16H,4,6,8-11,13-14H2,1-3H3,(H,22,24)/t15-,16-/m0/s1. The molecule has 1 aliphatic rings. The van der Waals surface area contributed by atoms with Crippen molar-refractivity contribution in [2.45, 2.75) is 39.5 Å². The monoisotopic (exact) mass is 350 g/mol. The molecule has 1 fully saturated rings. The van der Waals surface area contributed by atoms with Crippen LogP contribution in [0.5, 0.6) is 5.75 Å². The van der Waals surface area contributed by atoms with Crippen molar-refractivity contribution in [2.75, 3.05) is 33.3 Å². The van der Waals surface area contributed by atoms with Crippen LogP contribution in [0.1, 0.15) is 38.7 Å². The molecule has 5 heteroatoms. The lowest BCUT2D eigenvalue weighted by Gasteiger charge is -2.34. The number of carbonyl (C=O) groups excluding carboxylic acids is 1. The molecule has 0 spiro atoms. The number of likely N-dealkylation sites (tertiary alicyclic amines) is 1. The molecule has 140 valence electrons. The topological polar surface area (TPSA) is 41.6 Å². The number of amides is 1. The first-order chi connectivity index (χ1) is 12.0. The lowest BCUT2D eigenvalue weighted by Crippen LogP contribution is -2.40. The second kappa shape index (κ2) is 9.76. The maximum absolute atomic E-state index is 13.6. The maximum Gasteiger partial charge on any atom is 0.220 e. The number of hydrogen-bond donors (Lipinski definition) is 1. The molecule has 1 amide bonds. The van der Waals surface area contributed by atoms with Crippen molar-refractivity contribution < 1.29 is 13.9 Å². The maximum atomic E-state index is 13.6. The van der Waals surface area contributed by atoms with Crippen LogP contribution in [0.2, 0.25) is 0 Å². The first-order valence-electron chi connectivity index (χ1n) is 9.29. The molecular weight excluding hydrogens is 319 g/mol. The highest BCUT2D eigenvalue weighted by Gasteiger charge is 2.21. The van der Waals surface area contributed by atoms with E-state index in [1.807, 2.05) is 0 Å². The third-order valence-electron chi connectivity index (χ3n) is 4.77. The van der Waals surface area contributed by atoms with E-state index in [-0.39, 0.29) is 17.5 Å². The SMILES string of the molecule is COc1ccc(CCC(=O)NCCCN2C[C@@H](C)C[C@H](C)C2)cc1F. The number of nitrogens with zero attached hydrogens (tertiary/aromatic N) is 1. The molecule has 1 aromatic rings. The highest BCUT2D eigenvalue weighted by Crippen LogP contribution is 2.21. The van der Waals surface area contributed by atoms with Gasteiger partial charge in [-0.05, 0) is 55.3 Å². The molecule has 1 N–H and O–H groups in total. The molecule has 4 nitrogen and oxygen atoms in total. The van der Waals surface area contributed by atoms with Crippen LogP contribution >= 0.6 is 0 Å². The Morgan fingerprint density at radius 1 is 1.32 bits per heavy atom. The van der Waals surface area contributed by atoms with Gasteiger partial charge >= 0.3 is 0 Å². The molecule has 0 aliphatic carbocycles. The van der Waals surface area contributed by atoms with Gasteiger partial charge in [0.1, 0.15) is 0 Å². The van der Waals surface area contributed by atoms with Gasteiger partial charge in [0.2, 0.25) is 5.91 Å². The number of methoxy groups -OCH3 is 1. The number of piperidine rings is 1. The van der Waals surface area contributed by atoms with Crippen LogP contribution in [-0.4, -0.2) is 44.1 Å². The number of rotatable bonds is 8. The van der Waals surface area contributed by atoms with Crippen molar-refractivity contribution in [3.8, 4) is 5.75 Å². The largest absolute Gasteiger partial charge is 0.494 e. The highest BCUT2D eigenvalue weighted by molar-refractivity contribution is 5.76. The number of nitrogens with one attached hydrogen (secondary N) is 1. The molecule has 0 radical (unpaired) electrons. The average molecular weight is 350 g/mol. The number of aryl methyl sites for hydroxylation is 1. The first-order valence-corrected chi connectivity index (χ1v) is 9.29. The summed E-state index contributed by atoms with van der Waals surface area (Å²) in [5.41, 5.74) is 0.810. The Morgan fingerprint density at radius 2 is 2.04 bits per heavy atom. The summed E-state index contributed by atoms with van der Waals surface area (Å²) in [5.74, 6) is 1.41. The third-order valence-corrected chi connectivity index (χ3v) is 4.77. The Bertz CT molecular complexity index is 555. The van der Waals surface area contributed by atoms with Gasteiger partial charge in [-0.3, -0.25) is 4.79 Å². The minimum absolute atomic E-state index is 0.0246. The van der Waals surface area contributed by atoms with Gasteiger partial charge in [0.25, 0.3) is 0 Å². The first kappa shape index (κ1) is 19.7. The second-order valence-corrected chi connectivity index (χ2v) is 7.38. The van der Waals surface area contributed by atoms with Crippen molar-refractivity contribution >= 4 is 5.91 Å². The number of ether oxygens (including phenoxy) is 1.